The Kier molecular flexibility index (Phi) is 5.71. The van der Waals surface area contributed by atoms with Gasteiger partial charge in [0.2, 0.25) is 0 Å². The van der Waals surface area contributed by atoms with Crippen LogP contribution in [0.15, 0.2) is 12.1 Å². The molecule has 0 radical (unpaired) electrons. The SMILES string of the molecule is COCC(CO)Nc1cc(OC(F)F)c(F)cc1N. The molecule has 0 aliphatic heterocycles. The zero-order chi connectivity index (χ0) is 14.4. The topological polar surface area (TPSA) is 76.7 Å². The Labute approximate surface area is 108 Å². The molecule has 1 aromatic carbocycles. The molecule has 0 aliphatic carbocycles. The lowest BCUT2D eigenvalue weighted by atomic mass is 10.2. The molecule has 19 heavy (non-hydrogen) atoms. The predicted octanol–water partition coefficient (Wildman–Crippen LogP) is 1.43. The summed E-state index contributed by atoms with van der Waals surface area (Å²) in [5.41, 5.74) is 5.73. The summed E-state index contributed by atoms with van der Waals surface area (Å²) in [4.78, 5) is 0. The third-order valence-corrected chi connectivity index (χ3v) is 2.27. The Bertz CT molecular complexity index is 418. The Morgan fingerprint density at radius 2 is 2.11 bits per heavy atom. The van der Waals surface area contributed by atoms with Crippen molar-refractivity contribution in [1.29, 1.82) is 0 Å². The van der Waals surface area contributed by atoms with Crippen molar-refractivity contribution in [3.63, 3.8) is 0 Å². The Morgan fingerprint density at radius 3 is 2.63 bits per heavy atom. The Balaban J connectivity index is 2.93. The molecule has 0 aromatic heterocycles. The predicted molar refractivity (Wildman–Crippen MR) is 63.8 cm³/mol. The van der Waals surface area contributed by atoms with Crippen LogP contribution in [-0.4, -0.2) is 38.1 Å². The lowest BCUT2D eigenvalue weighted by molar-refractivity contribution is -0.0521. The number of aliphatic hydroxyl groups is 1. The summed E-state index contributed by atoms with van der Waals surface area (Å²) < 4.78 is 46.3. The molecule has 1 aromatic rings. The molecule has 0 heterocycles. The van der Waals surface area contributed by atoms with E-state index < -0.39 is 24.2 Å². The summed E-state index contributed by atoms with van der Waals surface area (Å²) in [6.07, 6.45) is 0. The van der Waals surface area contributed by atoms with Gasteiger partial charge < -0.3 is 25.6 Å². The van der Waals surface area contributed by atoms with Gasteiger partial charge in [-0.25, -0.2) is 4.39 Å². The minimum Gasteiger partial charge on any atom is -0.432 e. The largest absolute Gasteiger partial charge is 0.432 e. The maximum Gasteiger partial charge on any atom is 0.387 e. The lowest BCUT2D eigenvalue weighted by Gasteiger charge is -2.19. The number of halogens is 3. The van der Waals surface area contributed by atoms with Crippen molar-refractivity contribution in [3.8, 4) is 5.75 Å². The molecule has 108 valence electrons. The molecular weight excluding hydrogens is 265 g/mol. The maximum atomic E-state index is 13.3. The summed E-state index contributed by atoms with van der Waals surface area (Å²) >= 11 is 0. The van der Waals surface area contributed by atoms with Crippen molar-refractivity contribution in [2.75, 3.05) is 31.4 Å². The van der Waals surface area contributed by atoms with Gasteiger partial charge in [0, 0.05) is 19.2 Å². The molecule has 1 atom stereocenters. The van der Waals surface area contributed by atoms with Gasteiger partial charge >= 0.3 is 6.61 Å². The van der Waals surface area contributed by atoms with Gasteiger partial charge in [0.15, 0.2) is 11.6 Å². The number of aliphatic hydroxyl groups excluding tert-OH is 1. The van der Waals surface area contributed by atoms with Crippen molar-refractivity contribution < 1.29 is 27.8 Å². The van der Waals surface area contributed by atoms with E-state index in [1.807, 2.05) is 0 Å². The second-order valence-electron chi connectivity index (χ2n) is 3.73. The zero-order valence-electron chi connectivity index (χ0n) is 10.2. The normalized spacial score (nSPS) is 12.5. The summed E-state index contributed by atoms with van der Waals surface area (Å²) in [5.74, 6) is -1.61. The van der Waals surface area contributed by atoms with Crippen molar-refractivity contribution in [2.45, 2.75) is 12.7 Å². The van der Waals surface area contributed by atoms with E-state index in [1.54, 1.807) is 0 Å². The second kappa shape index (κ2) is 7.05. The van der Waals surface area contributed by atoms with Crippen LogP contribution in [0.25, 0.3) is 0 Å². The van der Waals surface area contributed by atoms with Crippen LogP contribution in [0, 0.1) is 5.82 Å². The van der Waals surface area contributed by atoms with Gasteiger partial charge in [0.05, 0.1) is 30.6 Å². The molecule has 0 amide bonds. The van der Waals surface area contributed by atoms with E-state index in [9.17, 15) is 13.2 Å². The zero-order valence-corrected chi connectivity index (χ0v) is 10.2. The average molecular weight is 280 g/mol. The first kappa shape index (κ1) is 15.4. The highest BCUT2D eigenvalue weighted by Crippen LogP contribution is 2.29. The van der Waals surface area contributed by atoms with Gasteiger partial charge in [0.25, 0.3) is 0 Å². The molecular formula is C11H15F3N2O3. The monoisotopic (exact) mass is 280 g/mol. The number of alkyl halides is 2. The van der Waals surface area contributed by atoms with Gasteiger partial charge in [-0.05, 0) is 0 Å². The van der Waals surface area contributed by atoms with E-state index in [2.05, 4.69) is 10.1 Å². The molecule has 8 heteroatoms. The van der Waals surface area contributed by atoms with Crippen molar-refractivity contribution in [3.05, 3.63) is 17.9 Å². The number of ether oxygens (including phenoxy) is 2. The van der Waals surface area contributed by atoms with E-state index in [0.29, 0.717) is 0 Å². The van der Waals surface area contributed by atoms with Crippen molar-refractivity contribution in [2.24, 2.45) is 0 Å². The average Bonchev–Trinajstić information content (AvgIpc) is 2.33. The molecule has 0 aliphatic rings. The smallest absolute Gasteiger partial charge is 0.387 e. The standard InChI is InChI=1S/C11H15F3N2O3/c1-18-5-6(4-17)16-9-3-10(19-11(13)14)7(12)2-8(9)15/h2-3,6,11,16-17H,4-5,15H2,1H3. The first-order chi connectivity index (χ1) is 8.97. The van der Waals surface area contributed by atoms with E-state index >= 15 is 0 Å². The first-order valence-corrected chi connectivity index (χ1v) is 5.38. The number of anilines is 2. The Hall–Kier alpha value is -1.67. The highest BCUT2D eigenvalue weighted by Gasteiger charge is 2.15. The first-order valence-electron chi connectivity index (χ1n) is 5.38. The minimum absolute atomic E-state index is 0.00803. The number of nitrogens with one attached hydrogen (secondary N) is 1. The number of methoxy groups -OCH3 is 1. The molecule has 0 spiro atoms. The van der Waals surface area contributed by atoms with Gasteiger partial charge in [-0.15, -0.1) is 0 Å². The van der Waals surface area contributed by atoms with Crippen LogP contribution in [0.4, 0.5) is 24.5 Å². The highest BCUT2D eigenvalue weighted by molar-refractivity contribution is 5.69. The van der Waals surface area contributed by atoms with Crippen LogP contribution in [0.2, 0.25) is 0 Å². The minimum atomic E-state index is -3.14. The molecule has 0 fully saturated rings. The van der Waals surface area contributed by atoms with Crippen LogP contribution in [0.1, 0.15) is 0 Å². The lowest BCUT2D eigenvalue weighted by Crippen LogP contribution is -2.29. The fourth-order valence-electron chi connectivity index (χ4n) is 1.44. The molecule has 0 bridgehead atoms. The molecule has 0 saturated carbocycles. The maximum absolute atomic E-state index is 13.3. The molecule has 4 N–H and O–H groups in total. The van der Waals surface area contributed by atoms with Crippen LogP contribution in [0.3, 0.4) is 0 Å². The van der Waals surface area contributed by atoms with Gasteiger partial charge in [-0.3, -0.25) is 0 Å². The number of benzene rings is 1. The van der Waals surface area contributed by atoms with Gasteiger partial charge in [-0.1, -0.05) is 0 Å². The van der Waals surface area contributed by atoms with Crippen LogP contribution in [-0.2, 0) is 4.74 Å². The van der Waals surface area contributed by atoms with Crippen molar-refractivity contribution in [1.82, 2.24) is 0 Å². The molecule has 1 unspecified atom stereocenters. The third-order valence-electron chi connectivity index (χ3n) is 2.27. The fraction of sp³-hybridized carbons (Fsp3) is 0.455. The van der Waals surface area contributed by atoms with E-state index in [-0.39, 0.29) is 24.6 Å². The number of hydrogen-bond donors (Lipinski definition) is 3. The van der Waals surface area contributed by atoms with Crippen LogP contribution in [0.5, 0.6) is 5.75 Å². The van der Waals surface area contributed by atoms with E-state index in [4.69, 9.17) is 15.6 Å². The third kappa shape index (κ3) is 4.49. The van der Waals surface area contributed by atoms with Crippen molar-refractivity contribution >= 4 is 11.4 Å². The quantitative estimate of drug-likeness (QED) is 0.659. The molecule has 1 rings (SSSR count). The van der Waals surface area contributed by atoms with Gasteiger partial charge in [-0.2, -0.15) is 8.78 Å². The number of nitrogen functional groups attached to an aromatic ring is 1. The van der Waals surface area contributed by atoms with E-state index in [1.165, 1.54) is 7.11 Å². The highest BCUT2D eigenvalue weighted by atomic mass is 19.3. The van der Waals surface area contributed by atoms with Crippen LogP contribution >= 0.6 is 0 Å². The number of nitrogens with two attached hydrogens (primary N) is 1. The summed E-state index contributed by atoms with van der Waals surface area (Å²) in [6, 6.07) is 1.37. The second-order valence-corrected chi connectivity index (χ2v) is 3.73. The summed E-state index contributed by atoms with van der Waals surface area (Å²) in [6.45, 7) is -3.24. The van der Waals surface area contributed by atoms with E-state index in [0.717, 1.165) is 12.1 Å². The molecule has 0 saturated heterocycles. The number of rotatable bonds is 7. The summed E-state index contributed by atoms with van der Waals surface area (Å²) in [7, 11) is 1.43. The molecule has 5 nitrogen and oxygen atoms in total. The fourth-order valence-corrected chi connectivity index (χ4v) is 1.44. The van der Waals surface area contributed by atoms with Crippen LogP contribution < -0.4 is 15.8 Å². The number of hydrogen-bond acceptors (Lipinski definition) is 5. The Morgan fingerprint density at radius 1 is 1.42 bits per heavy atom. The summed E-state index contributed by atoms with van der Waals surface area (Å²) in [5, 5.41) is 11.8. The van der Waals surface area contributed by atoms with Gasteiger partial charge in [0.1, 0.15) is 0 Å².